The van der Waals surface area contributed by atoms with E-state index in [9.17, 15) is 4.79 Å². The van der Waals surface area contributed by atoms with Crippen molar-refractivity contribution in [1.82, 2.24) is 25.4 Å². The number of thiazole rings is 1. The van der Waals surface area contributed by atoms with Crippen LogP contribution in [0.5, 0.6) is 0 Å². The smallest absolute Gasteiger partial charge is 0.315 e. The van der Waals surface area contributed by atoms with Crippen molar-refractivity contribution in [3.05, 3.63) is 34.5 Å². The highest BCUT2D eigenvalue weighted by Gasteiger charge is 2.07. The minimum absolute atomic E-state index is 0.0250. The summed E-state index contributed by atoms with van der Waals surface area (Å²) in [6.45, 7) is 5.17. The molecule has 0 spiro atoms. The number of amides is 2. The first kappa shape index (κ1) is 14.5. The van der Waals surface area contributed by atoms with Gasteiger partial charge in [0, 0.05) is 42.5 Å². The van der Waals surface area contributed by atoms with Crippen LogP contribution in [0, 0.1) is 6.92 Å². The van der Waals surface area contributed by atoms with Crippen LogP contribution >= 0.6 is 11.3 Å². The minimum Gasteiger partial charge on any atom is -0.338 e. The molecule has 2 aromatic heterocycles. The topological polar surface area (TPSA) is 71.8 Å². The number of aryl methyl sites for hydroxylation is 1. The number of carbonyl (C=O) groups is 1. The standard InChI is InChI=1S/C13H19N5OS/c1-10(8-18-7-3-5-15-18)17-13(19)14-6-4-12-16-11(2)9-20-12/h3,5,7,9-10H,4,6,8H2,1-2H3,(H2,14,17,19)/t10-/m1/s1. The van der Waals surface area contributed by atoms with Crippen molar-refractivity contribution in [2.24, 2.45) is 0 Å². The first-order valence-electron chi connectivity index (χ1n) is 6.56. The van der Waals surface area contributed by atoms with E-state index in [0.717, 1.165) is 17.1 Å². The lowest BCUT2D eigenvalue weighted by molar-refractivity contribution is 0.236. The van der Waals surface area contributed by atoms with Crippen LogP contribution in [0.2, 0.25) is 0 Å². The third-order valence-corrected chi connectivity index (χ3v) is 3.72. The van der Waals surface area contributed by atoms with E-state index in [1.807, 2.05) is 31.5 Å². The summed E-state index contributed by atoms with van der Waals surface area (Å²) >= 11 is 1.62. The van der Waals surface area contributed by atoms with Crippen molar-refractivity contribution in [3.63, 3.8) is 0 Å². The minimum atomic E-state index is -0.155. The van der Waals surface area contributed by atoms with Gasteiger partial charge in [-0.3, -0.25) is 4.68 Å². The molecule has 20 heavy (non-hydrogen) atoms. The molecule has 0 saturated carbocycles. The summed E-state index contributed by atoms with van der Waals surface area (Å²) in [5.74, 6) is 0. The van der Waals surface area contributed by atoms with Gasteiger partial charge in [-0.2, -0.15) is 5.10 Å². The van der Waals surface area contributed by atoms with Gasteiger partial charge in [0.05, 0.1) is 11.6 Å². The van der Waals surface area contributed by atoms with Crippen molar-refractivity contribution < 1.29 is 4.79 Å². The highest BCUT2D eigenvalue weighted by atomic mass is 32.1. The second-order valence-electron chi connectivity index (χ2n) is 4.66. The Balaban J connectivity index is 1.64. The molecule has 0 aliphatic carbocycles. The van der Waals surface area contributed by atoms with Gasteiger partial charge in [0.15, 0.2) is 0 Å². The van der Waals surface area contributed by atoms with Gasteiger partial charge in [-0.15, -0.1) is 11.3 Å². The van der Waals surface area contributed by atoms with Crippen LogP contribution in [-0.4, -0.2) is 33.4 Å². The second kappa shape index (κ2) is 7.04. The van der Waals surface area contributed by atoms with Gasteiger partial charge in [0.25, 0.3) is 0 Å². The van der Waals surface area contributed by atoms with Crippen LogP contribution in [0.15, 0.2) is 23.8 Å². The van der Waals surface area contributed by atoms with Gasteiger partial charge < -0.3 is 10.6 Å². The Morgan fingerprint density at radius 3 is 3.05 bits per heavy atom. The molecule has 0 bridgehead atoms. The number of nitrogens with zero attached hydrogens (tertiary/aromatic N) is 3. The lowest BCUT2D eigenvalue weighted by atomic mass is 10.3. The summed E-state index contributed by atoms with van der Waals surface area (Å²) < 4.78 is 1.79. The van der Waals surface area contributed by atoms with Crippen LogP contribution in [-0.2, 0) is 13.0 Å². The molecule has 0 aromatic carbocycles. The number of nitrogens with one attached hydrogen (secondary N) is 2. The highest BCUT2D eigenvalue weighted by molar-refractivity contribution is 7.09. The Morgan fingerprint density at radius 2 is 2.40 bits per heavy atom. The molecule has 6 nitrogen and oxygen atoms in total. The lowest BCUT2D eigenvalue weighted by Crippen LogP contribution is -2.43. The van der Waals surface area contributed by atoms with Gasteiger partial charge >= 0.3 is 6.03 Å². The largest absolute Gasteiger partial charge is 0.338 e. The van der Waals surface area contributed by atoms with Crippen molar-refractivity contribution in [1.29, 1.82) is 0 Å². The molecule has 2 aromatic rings. The second-order valence-corrected chi connectivity index (χ2v) is 5.60. The van der Waals surface area contributed by atoms with Crippen molar-refractivity contribution >= 4 is 17.4 Å². The monoisotopic (exact) mass is 293 g/mol. The third-order valence-electron chi connectivity index (χ3n) is 2.69. The average Bonchev–Trinajstić information content (AvgIpc) is 3.01. The quantitative estimate of drug-likeness (QED) is 0.849. The van der Waals surface area contributed by atoms with Gasteiger partial charge in [-0.05, 0) is 19.9 Å². The Labute approximate surface area is 122 Å². The van der Waals surface area contributed by atoms with Crippen molar-refractivity contribution in [2.45, 2.75) is 32.9 Å². The van der Waals surface area contributed by atoms with Gasteiger partial charge in [0.1, 0.15) is 0 Å². The van der Waals surface area contributed by atoms with Crippen LogP contribution in [0.1, 0.15) is 17.6 Å². The molecular formula is C13H19N5OS. The van der Waals surface area contributed by atoms with E-state index >= 15 is 0 Å². The van der Waals surface area contributed by atoms with Crippen molar-refractivity contribution in [2.75, 3.05) is 6.54 Å². The molecule has 0 unspecified atom stereocenters. The van der Waals surface area contributed by atoms with E-state index in [2.05, 4.69) is 20.7 Å². The Bertz CT molecular complexity index is 537. The third kappa shape index (κ3) is 4.65. The molecular weight excluding hydrogens is 274 g/mol. The predicted molar refractivity (Wildman–Crippen MR) is 78.8 cm³/mol. The van der Waals surface area contributed by atoms with E-state index < -0.39 is 0 Å². The zero-order chi connectivity index (χ0) is 14.4. The molecule has 0 saturated heterocycles. The lowest BCUT2D eigenvalue weighted by Gasteiger charge is -2.14. The van der Waals surface area contributed by atoms with Gasteiger partial charge in [-0.1, -0.05) is 0 Å². The van der Waals surface area contributed by atoms with E-state index in [0.29, 0.717) is 13.1 Å². The average molecular weight is 293 g/mol. The van der Waals surface area contributed by atoms with E-state index in [4.69, 9.17) is 0 Å². The Hall–Kier alpha value is -1.89. The van der Waals surface area contributed by atoms with Crippen LogP contribution < -0.4 is 10.6 Å². The number of urea groups is 1. The maximum Gasteiger partial charge on any atom is 0.315 e. The van der Waals surface area contributed by atoms with E-state index in [1.165, 1.54) is 0 Å². The van der Waals surface area contributed by atoms with Crippen LogP contribution in [0.4, 0.5) is 4.79 Å². The molecule has 2 heterocycles. The zero-order valence-electron chi connectivity index (χ0n) is 11.7. The summed E-state index contributed by atoms with van der Waals surface area (Å²) in [6, 6.07) is 1.73. The summed E-state index contributed by atoms with van der Waals surface area (Å²) in [4.78, 5) is 16.1. The summed E-state index contributed by atoms with van der Waals surface area (Å²) in [6.07, 6.45) is 4.36. The molecule has 0 aliphatic rings. The summed E-state index contributed by atoms with van der Waals surface area (Å²) in [7, 11) is 0. The fraction of sp³-hybridized carbons (Fsp3) is 0.462. The fourth-order valence-electron chi connectivity index (χ4n) is 1.81. The highest BCUT2D eigenvalue weighted by Crippen LogP contribution is 2.08. The number of hydrogen-bond acceptors (Lipinski definition) is 4. The fourth-order valence-corrected chi connectivity index (χ4v) is 2.59. The molecule has 0 fully saturated rings. The molecule has 2 rings (SSSR count). The maximum atomic E-state index is 11.7. The SMILES string of the molecule is Cc1csc(CCNC(=O)N[C@H](C)Cn2cccn2)n1. The Morgan fingerprint density at radius 1 is 1.55 bits per heavy atom. The summed E-state index contributed by atoms with van der Waals surface area (Å²) in [5.41, 5.74) is 1.03. The zero-order valence-corrected chi connectivity index (χ0v) is 12.5. The predicted octanol–water partition coefficient (Wildman–Crippen LogP) is 1.58. The first-order valence-corrected chi connectivity index (χ1v) is 7.44. The molecule has 0 aliphatic heterocycles. The van der Waals surface area contributed by atoms with Gasteiger partial charge in [0.2, 0.25) is 0 Å². The summed E-state index contributed by atoms with van der Waals surface area (Å²) in [5, 5.41) is 12.9. The molecule has 2 N–H and O–H groups in total. The van der Waals surface area contributed by atoms with E-state index in [-0.39, 0.29) is 12.1 Å². The molecule has 0 radical (unpaired) electrons. The number of carbonyl (C=O) groups excluding carboxylic acids is 1. The van der Waals surface area contributed by atoms with Crippen LogP contribution in [0.25, 0.3) is 0 Å². The van der Waals surface area contributed by atoms with E-state index in [1.54, 1.807) is 22.2 Å². The normalized spacial score (nSPS) is 12.1. The number of hydrogen-bond donors (Lipinski definition) is 2. The number of aromatic nitrogens is 3. The number of rotatable bonds is 6. The van der Waals surface area contributed by atoms with Gasteiger partial charge in [-0.25, -0.2) is 9.78 Å². The molecule has 1 atom stereocenters. The Kier molecular flexibility index (Phi) is 5.11. The molecule has 2 amide bonds. The maximum absolute atomic E-state index is 11.7. The first-order chi connectivity index (χ1) is 9.63. The van der Waals surface area contributed by atoms with Crippen molar-refractivity contribution in [3.8, 4) is 0 Å². The van der Waals surface area contributed by atoms with Crippen LogP contribution in [0.3, 0.4) is 0 Å². The molecule has 7 heteroatoms. The molecule has 108 valence electrons.